The van der Waals surface area contributed by atoms with Gasteiger partial charge < -0.3 is 9.84 Å². The number of hydrogen-bond donors (Lipinski definition) is 1. The monoisotopic (exact) mass is 452 g/mol. The van der Waals surface area contributed by atoms with Crippen LogP contribution in [0.25, 0.3) is 0 Å². The van der Waals surface area contributed by atoms with E-state index >= 15 is 0 Å². The first-order valence-corrected chi connectivity index (χ1v) is 10.8. The van der Waals surface area contributed by atoms with Gasteiger partial charge in [-0.25, -0.2) is 0 Å². The lowest BCUT2D eigenvalue weighted by atomic mass is 9.83. The summed E-state index contributed by atoms with van der Waals surface area (Å²) in [5.41, 5.74) is 0.788. The molecule has 4 atom stereocenters. The normalized spacial score (nSPS) is 22.6. The van der Waals surface area contributed by atoms with Crippen molar-refractivity contribution in [2.24, 2.45) is 17.8 Å². The summed E-state index contributed by atoms with van der Waals surface area (Å²) in [5, 5.41) is 9.81. The molecular formula is C24H24ClF3O3. The number of carboxylic acids is 1. The van der Waals surface area contributed by atoms with Crippen molar-refractivity contribution in [3.8, 4) is 5.75 Å². The predicted molar refractivity (Wildman–Crippen MR) is 112 cm³/mol. The van der Waals surface area contributed by atoms with E-state index in [0.717, 1.165) is 37.0 Å². The Labute approximate surface area is 184 Å². The third-order valence-electron chi connectivity index (χ3n) is 6.41. The first kappa shape index (κ1) is 22.0. The van der Waals surface area contributed by atoms with E-state index in [2.05, 4.69) is 0 Å². The maximum atomic E-state index is 13.0. The number of halogens is 4. The quantitative estimate of drug-likeness (QED) is 0.481. The summed E-state index contributed by atoms with van der Waals surface area (Å²) >= 11 is 6.15. The van der Waals surface area contributed by atoms with Crippen molar-refractivity contribution >= 4 is 17.6 Å². The van der Waals surface area contributed by atoms with E-state index in [0.29, 0.717) is 28.9 Å². The summed E-state index contributed by atoms with van der Waals surface area (Å²) in [5.74, 6) is -0.232. The molecule has 166 valence electrons. The molecule has 31 heavy (non-hydrogen) atoms. The van der Waals surface area contributed by atoms with Crippen molar-refractivity contribution in [1.82, 2.24) is 0 Å². The fourth-order valence-corrected chi connectivity index (χ4v) is 4.67. The summed E-state index contributed by atoms with van der Waals surface area (Å²) in [6.45, 7) is 2.12. The van der Waals surface area contributed by atoms with Crippen molar-refractivity contribution in [2.75, 3.05) is 6.61 Å². The van der Waals surface area contributed by atoms with Crippen LogP contribution in [0, 0.1) is 17.8 Å². The van der Waals surface area contributed by atoms with E-state index in [9.17, 15) is 23.1 Å². The molecule has 0 aliphatic heterocycles. The third-order valence-corrected chi connectivity index (χ3v) is 6.75. The molecule has 0 aromatic heterocycles. The van der Waals surface area contributed by atoms with Crippen LogP contribution < -0.4 is 4.74 Å². The first-order chi connectivity index (χ1) is 14.6. The number of ether oxygens (including phenoxy) is 1. The lowest BCUT2D eigenvalue weighted by molar-refractivity contribution is -0.142. The average molecular weight is 453 g/mol. The predicted octanol–water partition coefficient (Wildman–Crippen LogP) is 6.76. The van der Waals surface area contributed by atoms with E-state index < -0.39 is 23.6 Å². The van der Waals surface area contributed by atoms with Crippen molar-refractivity contribution in [1.29, 1.82) is 0 Å². The molecular weight excluding hydrogens is 429 g/mol. The standard InChI is InChI=1S/C24H24ClF3O3/c1-13(23(29)30)22(14-5-6-14)15-3-2-4-18(9-15)31-12-16-10-19(16)20-11-17(24(26,27)28)7-8-21(20)25/h2-4,7-9,11,13-14,16,19,22H,5-6,10,12H2,1H3,(H,29,30)/t13-,16+,19-,22-/m0/s1. The van der Waals surface area contributed by atoms with Crippen LogP contribution in [0.3, 0.4) is 0 Å². The Hall–Kier alpha value is -2.21. The number of alkyl halides is 3. The van der Waals surface area contributed by atoms with Crippen LogP contribution in [-0.2, 0) is 11.0 Å². The Bertz CT molecular complexity index is 971. The molecule has 2 fully saturated rings. The minimum atomic E-state index is -4.40. The molecule has 1 N–H and O–H groups in total. The van der Waals surface area contributed by atoms with Gasteiger partial charge in [0.1, 0.15) is 5.75 Å². The maximum absolute atomic E-state index is 13.0. The molecule has 4 rings (SSSR count). The van der Waals surface area contributed by atoms with Gasteiger partial charge >= 0.3 is 12.1 Å². The van der Waals surface area contributed by atoms with Gasteiger partial charge in [0.2, 0.25) is 0 Å². The highest BCUT2D eigenvalue weighted by molar-refractivity contribution is 6.31. The summed E-state index contributed by atoms with van der Waals surface area (Å²) in [6.07, 6.45) is -1.60. The largest absolute Gasteiger partial charge is 0.493 e. The molecule has 0 spiro atoms. The summed E-state index contributed by atoms with van der Waals surface area (Å²) in [6, 6.07) is 11.0. The van der Waals surface area contributed by atoms with Gasteiger partial charge in [-0.05, 0) is 78.5 Å². The molecule has 0 saturated heterocycles. The lowest BCUT2D eigenvalue weighted by Gasteiger charge is -2.21. The molecule has 2 aliphatic carbocycles. The Balaban J connectivity index is 1.41. The summed E-state index contributed by atoms with van der Waals surface area (Å²) in [4.78, 5) is 11.5. The number of benzene rings is 2. The molecule has 2 saturated carbocycles. The number of hydrogen-bond acceptors (Lipinski definition) is 2. The molecule has 7 heteroatoms. The van der Waals surface area contributed by atoms with Gasteiger partial charge in [0, 0.05) is 10.9 Å². The van der Waals surface area contributed by atoms with E-state index in [1.165, 1.54) is 6.07 Å². The van der Waals surface area contributed by atoms with Crippen LogP contribution in [-0.4, -0.2) is 17.7 Å². The zero-order chi connectivity index (χ0) is 22.3. The Morgan fingerprint density at radius 1 is 1.23 bits per heavy atom. The van der Waals surface area contributed by atoms with Gasteiger partial charge in [0.25, 0.3) is 0 Å². The van der Waals surface area contributed by atoms with E-state index in [1.807, 2.05) is 24.3 Å². The molecule has 0 bridgehead atoms. The molecule has 0 unspecified atom stereocenters. The molecule has 3 nitrogen and oxygen atoms in total. The van der Waals surface area contributed by atoms with Crippen LogP contribution in [0.2, 0.25) is 5.02 Å². The van der Waals surface area contributed by atoms with Crippen LogP contribution in [0.5, 0.6) is 5.75 Å². The van der Waals surface area contributed by atoms with Crippen molar-refractivity contribution < 1.29 is 27.8 Å². The van der Waals surface area contributed by atoms with Crippen LogP contribution in [0.15, 0.2) is 42.5 Å². The number of carboxylic acid groups (broad SMARTS) is 1. The van der Waals surface area contributed by atoms with Crippen molar-refractivity contribution in [3.63, 3.8) is 0 Å². The smallest absolute Gasteiger partial charge is 0.416 e. The second-order valence-electron chi connectivity index (χ2n) is 8.71. The molecule has 2 aromatic carbocycles. The van der Waals surface area contributed by atoms with Crippen molar-refractivity contribution in [2.45, 2.75) is 44.2 Å². The van der Waals surface area contributed by atoms with Crippen LogP contribution >= 0.6 is 11.6 Å². The van der Waals surface area contributed by atoms with Gasteiger partial charge in [-0.1, -0.05) is 30.7 Å². The number of aliphatic carboxylic acids is 1. The SMILES string of the molecule is C[C@H](C(=O)O)[C@H](c1cccc(OC[C@H]2C[C@@H]2c2cc(C(F)(F)F)ccc2Cl)c1)C1CC1. The van der Waals surface area contributed by atoms with E-state index in [4.69, 9.17) is 16.3 Å². The minimum absolute atomic E-state index is 0.0429. The zero-order valence-corrected chi connectivity index (χ0v) is 17.8. The molecule has 0 radical (unpaired) electrons. The van der Waals surface area contributed by atoms with E-state index in [-0.39, 0.29) is 17.8 Å². The van der Waals surface area contributed by atoms with Gasteiger partial charge in [-0.2, -0.15) is 13.2 Å². The lowest BCUT2D eigenvalue weighted by Crippen LogP contribution is -2.20. The fraction of sp³-hybridized carbons (Fsp3) is 0.458. The fourth-order valence-electron chi connectivity index (χ4n) is 4.41. The molecule has 0 heterocycles. The second-order valence-corrected chi connectivity index (χ2v) is 9.12. The zero-order valence-electron chi connectivity index (χ0n) is 17.0. The summed E-state index contributed by atoms with van der Waals surface area (Å²) < 4.78 is 45.0. The Morgan fingerprint density at radius 2 is 1.97 bits per heavy atom. The highest BCUT2D eigenvalue weighted by Gasteiger charge is 2.42. The van der Waals surface area contributed by atoms with E-state index in [1.54, 1.807) is 6.92 Å². The minimum Gasteiger partial charge on any atom is -0.493 e. The summed E-state index contributed by atoms with van der Waals surface area (Å²) in [7, 11) is 0. The molecule has 2 aromatic rings. The maximum Gasteiger partial charge on any atom is 0.416 e. The van der Waals surface area contributed by atoms with Crippen LogP contribution in [0.4, 0.5) is 13.2 Å². The topological polar surface area (TPSA) is 46.5 Å². The second kappa shape index (κ2) is 8.38. The van der Waals surface area contributed by atoms with Crippen LogP contribution in [0.1, 0.15) is 54.7 Å². The Kier molecular flexibility index (Phi) is 5.95. The first-order valence-electron chi connectivity index (χ1n) is 10.5. The van der Waals surface area contributed by atoms with Gasteiger partial charge in [0.05, 0.1) is 18.1 Å². The van der Waals surface area contributed by atoms with Gasteiger partial charge in [-0.15, -0.1) is 0 Å². The highest BCUT2D eigenvalue weighted by atomic mass is 35.5. The number of rotatable bonds is 8. The average Bonchev–Trinajstić information content (AvgIpc) is 3.62. The van der Waals surface area contributed by atoms with Gasteiger partial charge in [-0.3, -0.25) is 4.79 Å². The van der Waals surface area contributed by atoms with Gasteiger partial charge in [0.15, 0.2) is 0 Å². The number of carbonyl (C=O) groups is 1. The molecule has 0 amide bonds. The third kappa shape index (κ3) is 5.00. The van der Waals surface area contributed by atoms with Crippen molar-refractivity contribution in [3.05, 3.63) is 64.2 Å². The highest BCUT2D eigenvalue weighted by Crippen LogP contribution is 2.51. The Morgan fingerprint density at radius 3 is 2.61 bits per heavy atom. The molecule has 2 aliphatic rings.